The number of phosphoric ester groups is 1. The molecule has 2 atom stereocenters. The molecular weight excluding hydrogens is 503 g/mol. The van der Waals surface area contributed by atoms with Gasteiger partial charge in [-0.15, -0.1) is 0 Å². The summed E-state index contributed by atoms with van der Waals surface area (Å²) < 4.78 is 55.9. The normalized spacial score (nSPS) is 21.9. The second-order valence-corrected chi connectivity index (χ2v) is 10.6. The predicted octanol–water partition coefficient (Wildman–Crippen LogP) is 4.91. The van der Waals surface area contributed by atoms with Crippen molar-refractivity contribution in [1.29, 1.82) is 0 Å². The van der Waals surface area contributed by atoms with Gasteiger partial charge in [0.15, 0.2) is 0 Å². The third-order valence-electron chi connectivity index (χ3n) is 5.83. The Labute approximate surface area is 224 Å². The van der Waals surface area contributed by atoms with Gasteiger partial charge in [-0.1, -0.05) is 64.7 Å². The molecule has 2 unspecified atom stereocenters. The van der Waals surface area contributed by atoms with E-state index in [2.05, 4.69) is 6.92 Å². The van der Waals surface area contributed by atoms with Crippen LogP contribution in [0.5, 0.6) is 0 Å². The molecule has 0 aliphatic carbocycles. The molecule has 11 heteroatoms. The highest BCUT2D eigenvalue weighted by atomic mass is 31.2. The monoisotopic (exact) mass is 556 g/mol. The summed E-state index contributed by atoms with van der Waals surface area (Å²) in [6.45, 7) is 7.37. The van der Waals surface area contributed by atoms with Gasteiger partial charge in [-0.05, 0) is 12.8 Å². The first kappa shape index (κ1) is 34.9. The second kappa shape index (κ2) is 26.1. The van der Waals surface area contributed by atoms with E-state index in [4.69, 9.17) is 37.5 Å². The van der Waals surface area contributed by atoms with Crippen LogP contribution in [0.3, 0.4) is 0 Å². The average molecular weight is 557 g/mol. The molecule has 1 heterocycles. The van der Waals surface area contributed by atoms with Gasteiger partial charge in [-0.2, -0.15) is 0 Å². The van der Waals surface area contributed by atoms with E-state index >= 15 is 0 Å². The molecule has 0 radical (unpaired) electrons. The van der Waals surface area contributed by atoms with E-state index in [1.807, 2.05) is 0 Å². The summed E-state index contributed by atoms with van der Waals surface area (Å²) in [5.41, 5.74) is 0. The maximum absolute atomic E-state index is 12.3. The molecule has 0 aromatic carbocycles. The van der Waals surface area contributed by atoms with Gasteiger partial charge in [0.2, 0.25) is 0 Å². The Morgan fingerprint density at radius 2 is 1.05 bits per heavy atom. The molecule has 0 amide bonds. The zero-order valence-electron chi connectivity index (χ0n) is 23.1. The summed E-state index contributed by atoms with van der Waals surface area (Å²) in [6.07, 6.45) is 12.0. The number of hydrogen-bond acceptors (Lipinski definition) is 9. The van der Waals surface area contributed by atoms with Gasteiger partial charge in [0.05, 0.1) is 85.4 Å². The number of rotatable bonds is 15. The average Bonchev–Trinajstić information content (AvgIpc) is 2.88. The summed E-state index contributed by atoms with van der Waals surface area (Å²) in [7, 11) is -4.13. The van der Waals surface area contributed by atoms with Gasteiger partial charge in [-0.25, -0.2) is 4.57 Å². The van der Waals surface area contributed by atoms with Crippen LogP contribution < -0.4 is 0 Å². The highest BCUT2D eigenvalue weighted by molar-refractivity contribution is 7.47. The van der Waals surface area contributed by atoms with Gasteiger partial charge in [-0.3, -0.25) is 9.05 Å². The molecule has 1 N–H and O–H groups in total. The smallest absolute Gasteiger partial charge is 0.379 e. The van der Waals surface area contributed by atoms with Crippen LogP contribution in [-0.4, -0.2) is 96.9 Å². The lowest BCUT2D eigenvalue weighted by molar-refractivity contribution is -0.0432. The largest absolute Gasteiger partial charge is 0.472 e. The van der Waals surface area contributed by atoms with E-state index in [1.54, 1.807) is 0 Å². The fraction of sp³-hybridized carbons (Fsp3) is 1.00. The lowest BCUT2D eigenvalue weighted by Gasteiger charge is -2.20. The highest BCUT2D eigenvalue weighted by Crippen LogP contribution is 2.43. The Morgan fingerprint density at radius 3 is 1.57 bits per heavy atom. The minimum Gasteiger partial charge on any atom is -0.379 e. The topological polar surface area (TPSA) is 111 Å². The molecule has 1 aliphatic rings. The van der Waals surface area contributed by atoms with Crippen molar-refractivity contribution in [1.82, 2.24) is 0 Å². The fourth-order valence-electron chi connectivity index (χ4n) is 3.67. The minimum atomic E-state index is -4.13. The molecule has 1 rings (SSSR count). The van der Waals surface area contributed by atoms with E-state index in [-0.39, 0.29) is 13.2 Å². The molecule has 10 nitrogen and oxygen atoms in total. The molecular formula is C26H53O10P. The summed E-state index contributed by atoms with van der Waals surface area (Å²) in [5.74, 6) is 0. The first-order chi connectivity index (χ1) is 18.1. The molecule has 1 fully saturated rings. The van der Waals surface area contributed by atoms with Crippen molar-refractivity contribution in [3.63, 3.8) is 0 Å². The van der Waals surface area contributed by atoms with Crippen LogP contribution in [0.25, 0.3) is 0 Å². The van der Waals surface area contributed by atoms with Crippen LogP contribution in [0, 0.1) is 0 Å². The number of hydrogen-bond donors (Lipinski definition) is 1. The maximum Gasteiger partial charge on any atom is 0.472 e. The van der Waals surface area contributed by atoms with Gasteiger partial charge in [0.1, 0.15) is 0 Å². The van der Waals surface area contributed by atoms with Crippen LogP contribution in [0.15, 0.2) is 0 Å². The Morgan fingerprint density at radius 1 is 0.622 bits per heavy atom. The Balaban J connectivity index is 2.21. The van der Waals surface area contributed by atoms with Gasteiger partial charge < -0.3 is 33.3 Å². The number of phosphoric acid groups is 1. The summed E-state index contributed by atoms with van der Waals surface area (Å²) in [4.78, 5) is 10.1. The van der Waals surface area contributed by atoms with Crippen LogP contribution in [0.2, 0.25) is 0 Å². The first-order valence-corrected chi connectivity index (χ1v) is 15.8. The zero-order valence-corrected chi connectivity index (χ0v) is 24.0. The Bertz CT molecular complexity index is 506. The van der Waals surface area contributed by atoms with Crippen LogP contribution in [-0.2, 0) is 42.0 Å². The van der Waals surface area contributed by atoms with Crippen LogP contribution >= 0.6 is 7.82 Å². The van der Waals surface area contributed by atoms with Crippen molar-refractivity contribution in [2.75, 3.05) is 85.9 Å². The van der Waals surface area contributed by atoms with E-state index < -0.39 is 13.9 Å². The minimum absolute atomic E-state index is 0.0634. The Kier molecular flexibility index (Phi) is 24.6. The molecule has 0 saturated carbocycles. The lowest BCUT2D eigenvalue weighted by Crippen LogP contribution is -2.24. The van der Waals surface area contributed by atoms with Crippen molar-refractivity contribution in [2.24, 2.45) is 0 Å². The standard InChI is InChI=1S/C26H53O10P/c1-2-3-4-5-6-7-8-9-10-11-13-35-37(27,28)36-25-26-12-14-29-15-16-30-17-18-31-19-20-32-21-22-33-23-24-34-26/h26H,2-25H2,1H3,(H,27,28). The first-order valence-electron chi connectivity index (χ1n) is 14.3. The van der Waals surface area contributed by atoms with Crippen molar-refractivity contribution < 1.29 is 46.9 Å². The van der Waals surface area contributed by atoms with E-state index in [9.17, 15) is 9.46 Å². The third-order valence-corrected chi connectivity index (χ3v) is 6.81. The van der Waals surface area contributed by atoms with E-state index in [1.165, 1.54) is 44.9 Å². The zero-order chi connectivity index (χ0) is 26.7. The van der Waals surface area contributed by atoms with Crippen LogP contribution in [0.4, 0.5) is 0 Å². The van der Waals surface area contributed by atoms with Gasteiger partial charge in [0, 0.05) is 6.61 Å². The van der Waals surface area contributed by atoms with E-state index in [0.717, 1.165) is 19.3 Å². The van der Waals surface area contributed by atoms with Crippen molar-refractivity contribution >= 4 is 7.82 Å². The molecule has 222 valence electrons. The van der Waals surface area contributed by atoms with Crippen LogP contribution in [0.1, 0.15) is 77.6 Å². The number of unbranched alkanes of at least 4 members (excludes halogenated alkanes) is 9. The molecule has 0 aromatic rings. The lowest BCUT2D eigenvalue weighted by atomic mass is 10.1. The van der Waals surface area contributed by atoms with Gasteiger partial charge >= 0.3 is 7.82 Å². The Hall–Kier alpha value is -0.130. The molecule has 1 saturated heterocycles. The summed E-state index contributed by atoms with van der Waals surface area (Å²) in [5, 5.41) is 0. The van der Waals surface area contributed by atoms with Crippen molar-refractivity contribution in [3.05, 3.63) is 0 Å². The predicted molar refractivity (Wildman–Crippen MR) is 142 cm³/mol. The van der Waals surface area contributed by atoms with Crippen molar-refractivity contribution in [2.45, 2.75) is 83.7 Å². The molecule has 0 spiro atoms. The summed E-state index contributed by atoms with van der Waals surface area (Å²) in [6, 6.07) is 0. The second-order valence-electron chi connectivity index (χ2n) is 9.12. The third kappa shape index (κ3) is 24.6. The maximum atomic E-state index is 12.3. The molecule has 0 bridgehead atoms. The van der Waals surface area contributed by atoms with Gasteiger partial charge in [0.25, 0.3) is 0 Å². The SMILES string of the molecule is CCCCCCCCCCCCOP(=O)(O)OCC1CCOCCOCCOCCOCCOCCO1. The quantitative estimate of drug-likeness (QED) is 0.221. The molecule has 1 aliphatic heterocycles. The molecule has 37 heavy (non-hydrogen) atoms. The molecule has 0 aromatic heterocycles. The highest BCUT2D eigenvalue weighted by Gasteiger charge is 2.23. The fourth-order valence-corrected chi connectivity index (χ4v) is 4.46. The summed E-state index contributed by atoms with van der Waals surface area (Å²) >= 11 is 0. The van der Waals surface area contributed by atoms with E-state index in [0.29, 0.717) is 79.1 Å². The number of ether oxygens (including phenoxy) is 6. The van der Waals surface area contributed by atoms with Crippen molar-refractivity contribution in [3.8, 4) is 0 Å².